The maximum absolute atomic E-state index is 5.65. The molecule has 2 heteroatoms. The number of rotatable bonds is 5. The molecule has 1 atom stereocenters. The van der Waals surface area contributed by atoms with E-state index in [4.69, 9.17) is 5.73 Å². The first-order valence-corrected chi connectivity index (χ1v) is 5.90. The summed E-state index contributed by atoms with van der Waals surface area (Å²) in [4.78, 5) is 0. The van der Waals surface area contributed by atoms with Gasteiger partial charge in [-0.15, -0.1) is 0 Å². The summed E-state index contributed by atoms with van der Waals surface area (Å²) in [6, 6.07) is 8.65. The van der Waals surface area contributed by atoms with Crippen LogP contribution in [0, 0.1) is 5.92 Å². The van der Waals surface area contributed by atoms with Gasteiger partial charge in [-0.3, -0.25) is 0 Å². The predicted molar refractivity (Wildman–Crippen MR) is 65.9 cm³/mol. The number of nitrogens with one attached hydrogen (secondary N) is 1. The van der Waals surface area contributed by atoms with Gasteiger partial charge in [-0.2, -0.15) is 0 Å². The molecule has 0 radical (unpaired) electrons. The minimum Gasteiger partial charge on any atom is -0.399 e. The van der Waals surface area contributed by atoms with Crippen LogP contribution in [0.15, 0.2) is 24.3 Å². The first kappa shape index (κ1) is 10.3. The van der Waals surface area contributed by atoms with Crippen molar-refractivity contribution in [2.24, 2.45) is 5.92 Å². The van der Waals surface area contributed by atoms with Crippen molar-refractivity contribution < 1.29 is 0 Å². The van der Waals surface area contributed by atoms with Crippen molar-refractivity contribution in [3.05, 3.63) is 24.3 Å². The SMILES string of the molecule is CCC(CC1CC1)Nc1ccc(N)cc1. The Bertz CT molecular complexity index is 301. The molecule has 1 unspecified atom stereocenters. The van der Waals surface area contributed by atoms with Crippen molar-refractivity contribution in [3.8, 4) is 0 Å². The van der Waals surface area contributed by atoms with Crippen molar-refractivity contribution in [2.75, 3.05) is 11.1 Å². The van der Waals surface area contributed by atoms with Gasteiger partial charge in [-0.25, -0.2) is 0 Å². The Kier molecular flexibility index (Phi) is 3.14. The number of hydrogen-bond donors (Lipinski definition) is 2. The molecule has 82 valence electrons. The first-order valence-electron chi connectivity index (χ1n) is 5.90. The number of nitrogens with two attached hydrogens (primary N) is 1. The zero-order chi connectivity index (χ0) is 10.7. The van der Waals surface area contributed by atoms with Crippen molar-refractivity contribution in [1.82, 2.24) is 0 Å². The normalized spacial score (nSPS) is 17.4. The van der Waals surface area contributed by atoms with Gasteiger partial charge in [0, 0.05) is 17.4 Å². The minimum atomic E-state index is 0.626. The summed E-state index contributed by atoms with van der Waals surface area (Å²) in [5.74, 6) is 0.983. The Morgan fingerprint density at radius 2 is 2.00 bits per heavy atom. The minimum absolute atomic E-state index is 0.626. The van der Waals surface area contributed by atoms with Crippen LogP contribution in [0.4, 0.5) is 11.4 Å². The summed E-state index contributed by atoms with van der Waals surface area (Å²) in [5.41, 5.74) is 7.67. The van der Waals surface area contributed by atoms with E-state index in [9.17, 15) is 0 Å². The highest BCUT2D eigenvalue weighted by molar-refractivity contribution is 5.51. The molecule has 3 N–H and O–H groups in total. The molecular weight excluding hydrogens is 184 g/mol. The second-order valence-electron chi connectivity index (χ2n) is 4.55. The summed E-state index contributed by atoms with van der Waals surface area (Å²) in [6.07, 6.45) is 5.38. The van der Waals surface area contributed by atoms with Gasteiger partial charge in [0.2, 0.25) is 0 Å². The van der Waals surface area contributed by atoms with Crippen LogP contribution in [-0.4, -0.2) is 6.04 Å². The Labute approximate surface area is 91.9 Å². The number of anilines is 2. The van der Waals surface area contributed by atoms with E-state index in [-0.39, 0.29) is 0 Å². The quantitative estimate of drug-likeness (QED) is 0.722. The van der Waals surface area contributed by atoms with E-state index in [0.29, 0.717) is 6.04 Å². The molecular formula is C13H20N2. The molecule has 1 aromatic carbocycles. The number of benzene rings is 1. The third kappa shape index (κ3) is 3.15. The zero-order valence-corrected chi connectivity index (χ0v) is 9.37. The topological polar surface area (TPSA) is 38.0 Å². The highest BCUT2D eigenvalue weighted by Crippen LogP contribution is 2.34. The van der Waals surface area contributed by atoms with E-state index in [0.717, 1.165) is 11.6 Å². The van der Waals surface area contributed by atoms with E-state index in [1.165, 1.54) is 31.4 Å². The van der Waals surface area contributed by atoms with E-state index in [1.807, 2.05) is 12.1 Å². The Hall–Kier alpha value is -1.18. The third-order valence-electron chi connectivity index (χ3n) is 3.09. The fourth-order valence-electron chi connectivity index (χ4n) is 1.90. The van der Waals surface area contributed by atoms with E-state index in [1.54, 1.807) is 0 Å². The highest BCUT2D eigenvalue weighted by atomic mass is 14.9. The van der Waals surface area contributed by atoms with Crippen LogP contribution >= 0.6 is 0 Å². The lowest BCUT2D eigenvalue weighted by Gasteiger charge is -2.18. The average molecular weight is 204 g/mol. The van der Waals surface area contributed by atoms with Crippen LogP contribution in [0.3, 0.4) is 0 Å². The fourth-order valence-corrected chi connectivity index (χ4v) is 1.90. The fraction of sp³-hybridized carbons (Fsp3) is 0.538. The lowest BCUT2D eigenvalue weighted by Crippen LogP contribution is -2.18. The average Bonchev–Trinajstić information content (AvgIpc) is 3.04. The zero-order valence-electron chi connectivity index (χ0n) is 9.37. The van der Waals surface area contributed by atoms with Crippen LogP contribution in [-0.2, 0) is 0 Å². The molecule has 0 aliphatic heterocycles. The summed E-state index contributed by atoms with van der Waals surface area (Å²) >= 11 is 0. The molecule has 0 saturated heterocycles. The summed E-state index contributed by atoms with van der Waals surface area (Å²) in [5, 5.41) is 3.57. The number of nitrogen functional groups attached to an aromatic ring is 1. The van der Waals surface area contributed by atoms with Crippen molar-refractivity contribution >= 4 is 11.4 Å². The van der Waals surface area contributed by atoms with Crippen LogP contribution in [0.5, 0.6) is 0 Å². The van der Waals surface area contributed by atoms with Gasteiger partial charge in [0.1, 0.15) is 0 Å². The molecule has 2 nitrogen and oxygen atoms in total. The van der Waals surface area contributed by atoms with Crippen molar-refractivity contribution in [3.63, 3.8) is 0 Å². The lowest BCUT2D eigenvalue weighted by molar-refractivity contribution is 0.587. The molecule has 0 amide bonds. The van der Waals surface area contributed by atoms with Gasteiger partial charge >= 0.3 is 0 Å². The second-order valence-corrected chi connectivity index (χ2v) is 4.55. The van der Waals surface area contributed by atoms with Gasteiger partial charge in [-0.05, 0) is 43.0 Å². The van der Waals surface area contributed by atoms with Gasteiger partial charge in [-0.1, -0.05) is 19.8 Å². The summed E-state index contributed by atoms with van der Waals surface area (Å²) < 4.78 is 0. The monoisotopic (exact) mass is 204 g/mol. The molecule has 0 heterocycles. The van der Waals surface area contributed by atoms with Crippen LogP contribution in [0.2, 0.25) is 0 Å². The Balaban J connectivity index is 1.89. The first-order chi connectivity index (χ1) is 7.28. The van der Waals surface area contributed by atoms with Gasteiger partial charge in [0.15, 0.2) is 0 Å². The second kappa shape index (κ2) is 4.56. The van der Waals surface area contributed by atoms with Gasteiger partial charge < -0.3 is 11.1 Å². The van der Waals surface area contributed by atoms with Gasteiger partial charge in [0.05, 0.1) is 0 Å². The molecule has 1 aliphatic carbocycles. The highest BCUT2D eigenvalue weighted by Gasteiger charge is 2.24. The lowest BCUT2D eigenvalue weighted by atomic mass is 10.1. The molecule has 1 aromatic rings. The third-order valence-corrected chi connectivity index (χ3v) is 3.09. The Morgan fingerprint density at radius 1 is 1.33 bits per heavy atom. The Morgan fingerprint density at radius 3 is 2.53 bits per heavy atom. The molecule has 2 rings (SSSR count). The standard InChI is InChI=1S/C13H20N2/c1-2-12(9-10-3-4-10)15-13-7-5-11(14)6-8-13/h5-8,10,12,15H,2-4,9,14H2,1H3. The molecule has 0 bridgehead atoms. The molecule has 0 spiro atoms. The summed E-state index contributed by atoms with van der Waals surface area (Å²) in [7, 11) is 0. The molecule has 1 saturated carbocycles. The molecule has 1 aliphatic rings. The van der Waals surface area contributed by atoms with Crippen molar-refractivity contribution in [2.45, 2.75) is 38.6 Å². The van der Waals surface area contributed by atoms with Crippen molar-refractivity contribution in [1.29, 1.82) is 0 Å². The van der Waals surface area contributed by atoms with Crippen LogP contribution < -0.4 is 11.1 Å². The smallest absolute Gasteiger partial charge is 0.0343 e. The van der Waals surface area contributed by atoms with Gasteiger partial charge in [0.25, 0.3) is 0 Å². The number of hydrogen-bond acceptors (Lipinski definition) is 2. The maximum atomic E-state index is 5.65. The van der Waals surface area contributed by atoms with E-state index >= 15 is 0 Å². The van der Waals surface area contributed by atoms with E-state index in [2.05, 4.69) is 24.4 Å². The summed E-state index contributed by atoms with van der Waals surface area (Å²) in [6.45, 7) is 2.25. The van der Waals surface area contributed by atoms with E-state index < -0.39 is 0 Å². The van der Waals surface area contributed by atoms with Crippen LogP contribution in [0.1, 0.15) is 32.6 Å². The molecule has 15 heavy (non-hydrogen) atoms. The van der Waals surface area contributed by atoms with Crippen LogP contribution in [0.25, 0.3) is 0 Å². The largest absolute Gasteiger partial charge is 0.399 e. The molecule has 0 aromatic heterocycles. The molecule has 1 fully saturated rings. The predicted octanol–water partition coefficient (Wildman–Crippen LogP) is 3.26. The maximum Gasteiger partial charge on any atom is 0.0343 e.